The smallest absolute Gasteiger partial charge is 0.274 e. The van der Waals surface area contributed by atoms with E-state index in [4.69, 9.17) is 5.26 Å². The van der Waals surface area contributed by atoms with E-state index in [1.165, 1.54) is 12.1 Å². The summed E-state index contributed by atoms with van der Waals surface area (Å²) in [6.45, 7) is 5.08. The largest absolute Gasteiger partial charge is 0.298 e. The summed E-state index contributed by atoms with van der Waals surface area (Å²) in [6.07, 6.45) is 0. The maximum absolute atomic E-state index is 13.2. The van der Waals surface area contributed by atoms with Gasteiger partial charge in [0.15, 0.2) is 0 Å². The van der Waals surface area contributed by atoms with E-state index in [0.29, 0.717) is 18.7 Å². The molecule has 102 valence electrons. The van der Waals surface area contributed by atoms with Gasteiger partial charge in [-0.2, -0.15) is 5.26 Å². The lowest BCUT2D eigenvalue weighted by Crippen LogP contribution is -2.28. The molecule has 0 amide bonds. The van der Waals surface area contributed by atoms with Crippen LogP contribution in [0, 0.1) is 33.2 Å². The molecular formula is C13H16FN3O2. The van der Waals surface area contributed by atoms with Gasteiger partial charge >= 0.3 is 0 Å². The van der Waals surface area contributed by atoms with Gasteiger partial charge in [-0.3, -0.25) is 15.0 Å². The first-order chi connectivity index (χ1) is 8.97. The highest BCUT2D eigenvalue weighted by Crippen LogP contribution is 2.21. The summed E-state index contributed by atoms with van der Waals surface area (Å²) in [7, 11) is 0. The molecule has 0 saturated carbocycles. The lowest BCUT2D eigenvalue weighted by Gasteiger charge is -2.21. The predicted octanol–water partition coefficient (Wildman–Crippen LogP) is 2.72. The number of nitrogens with zero attached hydrogens (tertiary/aromatic N) is 3. The number of hydrogen-bond donors (Lipinski definition) is 0. The molecule has 0 N–H and O–H groups in total. The fraction of sp³-hybridized carbons (Fsp3) is 0.462. The minimum absolute atomic E-state index is 0.0931. The Balaban J connectivity index is 2.93. The summed E-state index contributed by atoms with van der Waals surface area (Å²) in [5, 5.41) is 19.7. The van der Waals surface area contributed by atoms with Crippen LogP contribution in [0.5, 0.6) is 0 Å². The van der Waals surface area contributed by atoms with Crippen LogP contribution in [0.25, 0.3) is 0 Å². The maximum Gasteiger partial charge on any atom is 0.274 e. The Bertz CT molecular complexity index is 499. The molecule has 0 aliphatic rings. The number of rotatable bonds is 6. The van der Waals surface area contributed by atoms with Crippen molar-refractivity contribution in [2.24, 2.45) is 5.92 Å². The molecule has 6 heteroatoms. The van der Waals surface area contributed by atoms with E-state index < -0.39 is 10.7 Å². The van der Waals surface area contributed by atoms with Crippen LogP contribution in [0.3, 0.4) is 0 Å². The third kappa shape index (κ3) is 4.30. The zero-order valence-electron chi connectivity index (χ0n) is 11.0. The van der Waals surface area contributed by atoms with Gasteiger partial charge in [-0.15, -0.1) is 0 Å². The second kappa shape index (κ2) is 6.81. The highest BCUT2D eigenvalue weighted by molar-refractivity contribution is 5.40. The highest BCUT2D eigenvalue weighted by Gasteiger charge is 2.17. The van der Waals surface area contributed by atoms with E-state index in [9.17, 15) is 14.5 Å². The van der Waals surface area contributed by atoms with Crippen LogP contribution in [0.1, 0.15) is 19.4 Å². The Labute approximate surface area is 111 Å². The molecule has 0 heterocycles. The molecule has 1 atom stereocenters. The highest BCUT2D eigenvalue weighted by atomic mass is 19.1. The Morgan fingerprint density at radius 2 is 2.26 bits per heavy atom. The molecule has 1 aromatic carbocycles. The molecule has 0 saturated heterocycles. The molecule has 0 radical (unpaired) electrons. The van der Waals surface area contributed by atoms with Gasteiger partial charge < -0.3 is 0 Å². The molecule has 0 spiro atoms. The van der Waals surface area contributed by atoms with Crippen molar-refractivity contribution < 1.29 is 9.31 Å². The van der Waals surface area contributed by atoms with Crippen molar-refractivity contribution in [1.29, 1.82) is 5.26 Å². The van der Waals surface area contributed by atoms with E-state index in [2.05, 4.69) is 6.07 Å². The van der Waals surface area contributed by atoms with Crippen LogP contribution in [0.15, 0.2) is 18.2 Å². The van der Waals surface area contributed by atoms with Gasteiger partial charge in [-0.25, -0.2) is 4.39 Å². The van der Waals surface area contributed by atoms with Crippen molar-refractivity contribution in [2.45, 2.75) is 20.4 Å². The SMILES string of the molecule is CCN(Cc1cc(F)ccc1[N+](=O)[O-])CC(C)C#N. The van der Waals surface area contributed by atoms with Gasteiger partial charge in [0, 0.05) is 24.7 Å². The van der Waals surface area contributed by atoms with E-state index in [0.717, 1.165) is 6.07 Å². The number of hydrogen-bond acceptors (Lipinski definition) is 4. The number of nitro groups is 1. The molecule has 1 unspecified atom stereocenters. The van der Waals surface area contributed by atoms with Crippen LogP contribution in [0.2, 0.25) is 0 Å². The molecular weight excluding hydrogens is 249 g/mol. The van der Waals surface area contributed by atoms with E-state index in [1.807, 2.05) is 11.8 Å². The van der Waals surface area contributed by atoms with Gasteiger partial charge in [-0.05, 0) is 25.6 Å². The molecule has 1 aromatic rings. The molecule has 0 bridgehead atoms. The topological polar surface area (TPSA) is 70.2 Å². The third-order valence-electron chi connectivity index (χ3n) is 2.83. The van der Waals surface area contributed by atoms with Crippen molar-refractivity contribution in [2.75, 3.05) is 13.1 Å². The summed E-state index contributed by atoms with van der Waals surface area (Å²) in [4.78, 5) is 12.3. The molecule has 0 aliphatic carbocycles. The molecule has 5 nitrogen and oxygen atoms in total. The molecule has 19 heavy (non-hydrogen) atoms. The van der Waals surface area contributed by atoms with Crippen molar-refractivity contribution in [3.8, 4) is 6.07 Å². The number of halogens is 1. The minimum atomic E-state index is -0.518. The van der Waals surface area contributed by atoms with Crippen molar-refractivity contribution in [1.82, 2.24) is 4.90 Å². The lowest BCUT2D eigenvalue weighted by atomic mass is 10.1. The predicted molar refractivity (Wildman–Crippen MR) is 68.8 cm³/mol. The lowest BCUT2D eigenvalue weighted by molar-refractivity contribution is -0.385. The van der Waals surface area contributed by atoms with E-state index in [-0.39, 0.29) is 18.2 Å². The average molecular weight is 265 g/mol. The van der Waals surface area contributed by atoms with Crippen molar-refractivity contribution in [3.05, 3.63) is 39.7 Å². The Kier molecular flexibility index (Phi) is 5.39. The van der Waals surface area contributed by atoms with Crippen LogP contribution in [-0.4, -0.2) is 22.9 Å². The second-order valence-corrected chi connectivity index (χ2v) is 4.39. The van der Waals surface area contributed by atoms with Gasteiger partial charge in [0.25, 0.3) is 5.69 Å². The second-order valence-electron chi connectivity index (χ2n) is 4.39. The quantitative estimate of drug-likeness (QED) is 0.585. The first-order valence-corrected chi connectivity index (χ1v) is 6.02. The zero-order valence-corrected chi connectivity index (χ0v) is 11.0. The van der Waals surface area contributed by atoms with Gasteiger partial charge in [0.2, 0.25) is 0 Å². The van der Waals surface area contributed by atoms with Gasteiger partial charge in [0.1, 0.15) is 5.82 Å². The van der Waals surface area contributed by atoms with Crippen LogP contribution in [-0.2, 0) is 6.54 Å². The summed E-state index contributed by atoms with van der Waals surface area (Å²) >= 11 is 0. The van der Waals surface area contributed by atoms with E-state index >= 15 is 0 Å². The molecule has 0 aliphatic heterocycles. The Hall–Kier alpha value is -2.00. The number of nitriles is 1. The minimum Gasteiger partial charge on any atom is -0.298 e. The summed E-state index contributed by atoms with van der Waals surface area (Å²) in [5.74, 6) is -0.669. The fourth-order valence-electron chi connectivity index (χ4n) is 1.83. The average Bonchev–Trinajstić information content (AvgIpc) is 2.37. The monoisotopic (exact) mass is 265 g/mol. The summed E-state index contributed by atoms with van der Waals surface area (Å²) < 4.78 is 13.2. The van der Waals surface area contributed by atoms with Gasteiger partial charge in [-0.1, -0.05) is 6.92 Å². The zero-order chi connectivity index (χ0) is 14.4. The van der Waals surface area contributed by atoms with Gasteiger partial charge in [0.05, 0.1) is 16.9 Å². The van der Waals surface area contributed by atoms with Crippen LogP contribution < -0.4 is 0 Å². The van der Waals surface area contributed by atoms with E-state index in [1.54, 1.807) is 6.92 Å². The van der Waals surface area contributed by atoms with Crippen molar-refractivity contribution in [3.63, 3.8) is 0 Å². The normalized spacial score (nSPS) is 12.2. The molecule has 0 fully saturated rings. The number of nitro benzene ring substituents is 1. The number of benzene rings is 1. The first kappa shape index (κ1) is 15.1. The van der Waals surface area contributed by atoms with Crippen LogP contribution >= 0.6 is 0 Å². The fourth-order valence-corrected chi connectivity index (χ4v) is 1.83. The first-order valence-electron chi connectivity index (χ1n) is 6.02. The summed E-state index contributed by atoms with van der Waals surface area (Å²) in [6, 6.07) is 5.55. The third-order valence-corrected chi connectivity index (χ3v) is 2.83. The Morgan fingerprint density at radius 3 is 2.79 bits per heavy atom. The standard InChI is InChI=1S/C13H16FN3O2/c1-3-16(8-10(2)7-15)9-11-6-12(14)4-5-13(11)17(18)19/h4-6,10H,3,8-9H2,1-2H3. The summed E-state index contributed by atoms with van der Waals surface area (Å²) in [5.41, 5.74) is 0.237. The molecule has 1 rings (SSSR count). The van der Waals surface area contributed by atoms with Crippen LogP contribution in [0.4, 0.5) is 10.1 Å². The maximum atomic E-state index is 13.2. The Morgan fingerprint density at radius 1 is 1.58 bits per heavy atom. The molecule has 0 aromatic heterocycles. The van der Waals surface area contributed by atoms with Crippen molar-refractivity contribution >= 4 is 5.69 Å².